The van der Waals surface area contributed by atoms with Crippen molar-refractivity contribution in [3.63, 3.8) is 0 Å². The Balaban J connectivity index is 1.81. The summed E-state index contributed by atoms with van der Waals surface area (Å²) in [5.41, 5.74) is 7.27. The number of nitrogens with one attached hydrogen (secondary N) is 2. The molecule has 2 aromatic carbocycles. The van der Waals surface area contributed by atoms with E-state index in [4.69, 9.17) is 0 Å². The van der Waals surface area contributed by atoms with Crippen molar-refractivity contribution in [2.75, 3.05) is 5.32 Å². The second-order valence-corrected chi connectivity index (χ2v) is 5.42. The summed E-state index contributed by atoms with van der Waals surface area (Å²) in [5, 5.41) is 6.19. The smallest absolute Gasteiger partial charge is 0.255 e. The average Bonchev–Trinajstić information content (AvgIpc) is 3.16. The fourth-order valence-electron chi connectivity index (χ4n) is 2.47. The van der Waals surface area contributed by atoms with Gasteiger partial charge in [0, 0.05) is 22.5 Å². The number of hydrogen-bond acceptors (Lipinski definition) is 2. The summed E-state index contributed by atoms with van der Waals surface area (Å²) in [6.07, 6.45) is 0. The third kappa shape index (κ3) is 2.68. The van der Waals surface area contributed by atoms with E-state index in [2.05, 4.69) is 24.5 Å². The predicted octanol–water partition coefficient (Wildman–Crippen LogP) is 3.85. The SMILES string of the molecule is CC1=C(c2ccc(NC(=O)c3ccccc3C)cc2C)N1. The van der Waals surface area contributed by atoms with Gasteiger partial charge in [-0.3, -0.25) is 4.79 Å². The predicted molar refractivity (Wildman–Crippen MR) is 86.0 cm³/mol. The minimum Gasteiger partial charge on any atom is -0.356 e. The van der Waals surface area contributed by atoms with Crippen LogP contribution in [0.2, 0.25) is 0 Å². The van der Waals surface area contributed by atoms with Crippen LogP contribution >= 0.6 is 0 Å². The van der Waals surface area contributed by atoms with E-state index in [1.54, 1.807) is 0 Å². The molecule has 1 heterocycles. The van der Waals surface area contributed by atoms with Gasteiger partial charge in [-0.25, -0.2) is 0 Å². The molecule has 0 aliphatic carbocycles. The lowest BCUT2D eigenvalue weighted by Crippen LogP contribution is -2.13. The lowest BCUT2D eigenvalue weighted by Gasteiger charge is -2.09. The van der Waals surface area contributed by atoms with Gasteiger partial charge in [0.25, 0.3) is 5.91 Å². The Morgan fingerprint density at radius 2 is 1.71 bits per heavy atom. The third-order valence-corrected chi connectivity index (χ3v) is 3.77. The van der Waals surface area contributed by atoms with Gasteiger partial charge in [-0.2, -0.15) is 0 Å². The monoisotopic (exact) mass is 278 g/mol. The highest BCUT2D eigenvalue weighted by atomic mass is 16.1. The summed E-state index contributed by atoms with van der Waals surface area (Å²) < 4.78 is 0. The van der Waals surface area contributed by atoms with Gasteiger partial charge in [-0.15, -0.1) is 0 Å². The topological polar surface area (TPSA) is 51.0 Å². The van der Waals surface area contributed by atoms with Gasteiger partial charge in [0.2, 0.25) is 0 Å². The molecule has 1 aliphatic rings. The fraction of sp³-hybridized carbons (Fsp3) is 0.167. The number of benzene rings is 2. The van der Waals surface area contributed by atoms with Gasteiger partial charge in [-0.05, 0) is 50.1 Å². The van der Waals surface area contributed by atoms with Gasteiger partial charge in [-0.1, -0.05) is 24.3 Å². The van der Waals surface area contributed by atoms with Crippen LogP contribution in [0.25, 0.3) is 5.70 Å². The minimum absolute atomic E-state index is 0.0693. The van der Waals surface area contributed by atoms with Crippen LogP contribution in [0.1, 0.15) is 34.0 Å². The fourth-order valence-corrected chi connectivity index (χ4v) is 2.47. The van der Waals surface area contributed by atoms with Gasteiger partial charge >= 0.3 is 0 Å². The average molecular weight is 278 g/mol. The molecule has 0 saturated heterocycles. The van der Waals surface area contributed by atoms with Gasteiger partial charge in [0.05, 0.1) is 5.70 Å². The molecule has 21 heavy (non-hydrogen) atoms. The van der Waals surface area contributed by atoms with E-state index >= 15 is 0 Å². The third-order valence-electron chi connectivity index (χ3n) is 3.77. The van der Waals surface area contributed by atoms with Crippen molar-refractivity contribution in [1.82, 2.24) is 5.32 Å². The Morgan fingerprint density at radius 3 is 2.33 bits per heavy atom. The van der Waals surface area contributed by atoms with Crippen LogP contribution in [0.15, 0.2) is 48.2 Å². The zero-order valence-corrected chi connectivity index (χ0v) is 12.4. The Bertz CT molecular complexity index is 760. The van der Waals surface area contributed by atoms with E-state index < -0.39 is 0 Å². The van der Waals surface area contributed by atoms with Crippen LogP contribution in [0.4, 0.5) is 5.69 Å². The number of carbonyl (C=O) groups is 1. The normalized spacial score (nSPS) is 12.9. The molecule has 0 radical (unpaired) electrons. The zero-order valence-electron chi connectivity index (χ0n) is 12.4. The van der Waals surface area contributed by atoms with Crippen molar-refractivity contribution < 1.29 is 4.79 Å². The first-order valence-corrected chi connectivity index (χ1v) is 7.02. The van der Waals surface area contributed by atoms with Crippen LogP contribution in [-0.2, 0) is 0 Å². The van der Waals surface area contributed by atoms with Crippen molar-refractivity contribution in [2.24, 2.45) is 0 Å². The molecule has 106 valence electrons. The van der Waals surface area contributed by atoms with E-state index in [0.717, 1.165) is 16.8 Å². The van der Waals surface area contributed by atoms with Crippen LogP contribution in [0, 0.1) is 13.8 Å². The molecule has 0 bridgehead atoms. The summed E-state index contributed by atoms with van der Waals surface area (Å²) in [6.45, 7) is 6.05. The van der Waals surface area contributed by atoms with Crippen molar-refractivity contribution in [3.05, 3.63) is 70.4 Å². The minimum atomic E-state index is -0.0693. The maximum atomic E-state index is 12.3. The maximum absolute atomic E-state index is 12.3. The molecular formula is C18H18N2O. The summed E-state index contributed by atoms with van der Waals surface area (Å²) in [7, 11) is 0. The molecule has 2 N–H and O–H groups in total. The molecule has 2 aromatic rings. The van der Waals surface area contributed by atoms with Crippen molar-refractivity contribution >= 4 is 17.3 Å². The van der Waals surface area contributed by atoms with Crippen molar-refractivity contribution in [1.29, 1.82) is 0 Å². The Kier molecular flexibility index (Phi) is 3.26. The number of amides is 1. The largest absolute Gasteiger partial charge is 0.356 e. The maximum Gasteiger partial charge on any atom is 0.255 e. The molecule has 0 aromatic heterocycles. The molecule has 3 heteroatoms. The Hall–Kier alpha value is -2.55. The highest BCUT2D eigenvalue weighted by Crippen LogP contribution is 2.30. The lowest BCUT2D eigenvalue weighted by molar-refractivity contribution is 0.102. The molecule has 0 fully saturated rings. The highest BCUT2D eigenvalue weighted by molar-refractivity contribution is 6.05. The van der Waals surface area contributed by atoms with Crippen LogP contribution in [-0.4, -0.2) is 5.91 Å². The molecule has 0 unspecified atom stereocenters. The molecule has 1 amide bonds. The number of allylic oxidation sites excluding steroid dienone is 1. The van der Waals surface area contributed by atoms with Crippen molar-refractivity contribution in [2.45, 2.75) is 20.8 Å². The second kappa shape index (κ2) is 5.09. The van der Waals surface area contributed by atoms with Gasteiger partial charge in [0.1, 0.15) is 0 Å². The zero-order chi connectivity index (χ0) is 15.0. The van der Waals surface area contributed by atoms with Crippen LogP contribution in [0.5, 0.6) is 0 Å². The molecule has 0 atom stereocenters. The first kappa shape index (κ1) is 13.4. The molecular weight excluding hydrogens is 260 g/mol. The summed E-state index contributed by atoms with van der Waals surface area (Å²) >= 11 is 0. The standard InChI is InChI=1S/C18H18N2O/c1-11-6-4-5-7-16(11)18(21)20-14-8-9-15(12(2)10-14)17-13(3)19-17/h4-10,19H,1-3H3,(H,20,21). The molecule has 3 rings (SSSR count). The van der Waals surface area contributed by atoms with E-state index in [-0.39, 0.29) is 5.91 Å². The summed E-state index contributed by atoms with van der Waals surface area (Å²) in [6, 6.07) is 13.6. The Labute approximate surface area is 124 Å². The second-order valence-electron chi connectivity index (χ2n) is 5.42. The molecule has 1 aliphatic heterocycles. The number of carbonyl (C=O) groups excluding carboxylic acids is 1. The first-order valence-electron chi connectivity index (χ1n) is 7.02. The van der Waals surface area contributed by atoms with E-state index in [9.17, 15) is 4.79 Å². The summed E-state index contributed by atoms with van der Waals surface area (Å²) in [4.78, 5) is 12.3. The first-order chi connectivity index (χ1) is 10.1. The Morgan fingerprint density at radius 1 is 1.00 bits per heavy atom. The molecule has 0 saturated carbocycles. The number of hydrogen-bond donors (Lipinski definition) is 2. The lowest BCUT2D eigenvalue weighted by atomic mass is 10.1. The molecule has 0 spiro atoms. The van der Waals surface area contributed by atoms with Crippen molar-refractivity contribution in [3.8, 4) is 0 Å². The summed E-state index contributed by atoms with van der Waals surface area (Å²) in [5.74, 6) is -0.0693. The van der Waals surface area contributed by atoms with Crippen LogP contribution in [0.3, 0.4) is 0 Å². The molecule has 3 nitrogen and oxygen atoms in total. The van der Waals surface area contributed by atoms with Crippen LogP contribution < -0.4 is 10.6 Å². The van der Waals surface area contributed by atoms with Gasteiger partial charge in [0.15, 0.2) is 0 Å². The number of aryl methyl sites for hydroxylation is 2. The number of rotatable bonds is 3. The van der Waals surface area contributed by atoms with E-state index in [0.29, 0.717) is 5.56 Å². The number of anilines is 1. The van der Waals surface area contributed by atoms with E-state index in [1.165, 1.54) is 17.0 Å². The van der Waals surface area contributed by atoms with Gasteiger partial charge < -0.3 is 10.6 Å². The van der Waals surface area contributed by atoms with E-state index in [1.807, 2.05) is 49.4 Å². The highest BCUT2D eigenvalue weighted by Gasteiger charge is 2.19. The quantitative estimate of drug-likeness (QED) is 0.896.